The van der Waals surface area contributed by atoms with Gasteiger partial charge in [0, 0.05) is 19.2 Å². The highest BCUT2D eigenvalue weighted by Crippen LogP contribution is 2.31. The second kappa shape index (κ2) is 4.04. The summed E-state index contributed by atoms with van der Waals surface area (Å²) < 4.78 is 1.86. The average Bonchev–Trinajstić information content (AvgIpc) is 2.62. The topological polar surface area (TPSA) is 55.1 Å². The van der Waals surface area contributed by atoms with Gasteiger partial charge in [-0.2, -0.15) is 0 Å². The van der Waals surface area contributed by atoms with Gasteiger partial charge in [0.25, 0.3) is 0 Å². The van der Waals surface area contributed by atoms with Crippen LogP contribution in [0.25, 0.3) is 0 Å². The van der Waals surface area contributed by atoms with Gasteiger partial charge in [-0.3, -0.25) is 0 Å². The molecule has 4 heteroatoms. The van der Waals surface area contributed by atoms with E-state index in [1.807, 2.05) is 11.6 Å². The van der Waals surface area contributed by atoms with Crippen LogP contribution in [-0.2, 0) is 7.05 Å². The molecule has 1 heterocycles. The molecule has 0 saturated heterocycles. The van der Waals surface area contributed by atoms with Gasteiger partial charge < -0.3 is 9.67 Å². The number of carboxylic acids is 1. The van der Waals surface area contributed by atoms with Gasteiger partial charge >= 0.3 is 5.97 Å². The second-order valence-corrected chi connectivity index (χ2v) is 4.24. The lowest BCUT2D eigenvalue weighted by Gasteiger charge is -2.20. The maximum absolute atomic E-state index is 10.8. The molecule has 1 aliphatic carbocycles. The first-order chi connectivity index (χ1) is 7.18. The maximum Gasteiger partial charge on any atom is 0.356 e. The third-order valence-electron chi connectivity index (χ3n) is 3.10. The summed E-state index contributed by atoms with van der Waals surface area (Å²) in [5.41, 5.74) is 0.165. The van der Waals surface area contributed by atoms with Crippen molar-refractivity contribution < 1.29 is 9.90 Å². The zero-order valence-corrected chi connectivity index (χ0v) is 8.94. The molecule has 1 aliphatic rings. The fourth-order valence-electron chi connectivity index (χ4n) is 2.32. The van der Waals surface area contributed by atoms with E-state index in [1.54, 1.807) is 6.20 Å². The molecule has 0 atom stereocenters. The number of hydrogen-bond donors (Lipinski definition) is 1. The van der Waals surface area contributed by atoms with E-state index in [1.165, 1.54) is 19.3 Å². The van der Waals surface area contributed by atoms with Crippen LogP contribution in [0.1, 0.15) is 54.3 Å². The van der Waals surface area contributed by atoms with E-state index in [0.717, 1.165) is 18.7 Å². The monoisotopic (exact) mass is 208 g/mol. The van der Waals surface area contributed by atoms with Gasteiger partial charge in [0.05, 0.1) is 0 Å². The Kier molecular flexibility index (Phi) is 2.75. The fraction of sp³-hybridized carbons (Fsp3) is 0.636. The molecule has 15 heavy (non-hydrogen) atoms. The Bertz CT molecular complexity index is 365. The number of aromatic nitrogens is 2. The normalized spacial score (nSPS) is 17.9. The Morgan fingerprint density at radius 3 is 2.67 bits per heavy atom. The van der Waals surface area contributed by atoms with Gasteiger partial charge in [-0.05, 0) is 12.8 Å². The number of rotatable bonds is 2. The summed E-state index contributed by atoms with van der Waals surface area (Å²) in [6, 6.07) is 0. The molecule has 2 rings (SSSR count). The Hall–Kier alpha value is -1.32. The fourth-order valence-corrected chi connectivity index (χ4v) is 2.32. The summed E-state index contributed by atoms with van der Waals surface area (Å²) in [5, 5.41) is 8.85. The van der Waals surface area contributed by atoms with Gasteiger partial charge in [0.15, 0.2) is 5.69 Å². The molecule has 1 N–H and O–H groups in total. The minimum Gasteiger partial charge on any atom is -0.476 e. The van der Waals surface area contributed by atoms with E-state index in [-0.39, 0.29) is 5.69 Å². The van der Waals surface area contributed by atoms with E-state index in [2.05, 4.69) is 4.98 Å². The van der Waals surface area contributed by atoms with E-state index >= 15 is 0 Å². The molecule has 1 fully saturated rings. The van der Waals surface area contributed by atoms with Gasteiger partial charge in [-0.1, -0.05) is 19.3 Å². The first kappa shape index (κ1) is 10.2. The van der Waals surface area contributed by atoms with Crippen molar-refractivity contribution in [2.45, 2.75) is 38.0 Å². The molecule has 1 saturated carbocycles. The molecular formula is C11H16N2O2. The Balaban J connectivity index is 2.22. The van der Waals surface area contributed by atoms with Crippen LogP contribution in [0.3, 0.4) is 0 Å². The molecule has 0 radical (unpaired) electrons. The zero-order valence-electron chi connectivity index (χ0n) is 8.94. The van der Waals surface area contributed by atoms with Crippen molar-refractivity contribution in [3.05, 3.63) is 17.7 Å². The predicted octanol–water partition coefficient (Wildman–Crippen LogP) is 2.17. The summed E-state index contributed by atoms with van der Waals surface area (Å²) in [6.45, 7) is 0. The summed E-state index contributed by atoms with van der Waals surface area (Å²) in [6.07, 6.45) is 7.66. The number of carboxylic acid groups (broad SMARTS) is 1. The van der Waals surface area contributed by atoms with Crippen LogP contribution in [0.2, 0.25) is 0 Å². The molecule has 0 amide bonds. The van der Waals surface area contributed by atoms with Crippen LogP contribution < -0.4 is 0 Å². The number of imidazole rings is 1. The van der Waals surface area contributed by atoms with Crippen LogP contribution >= 0.6 is 0 Å². The minimum atomic E-state index is -0.937. The molecule has 0 unspecified atom stereocenters. The first-order valence-electron chi connectivity index (χ1n) is 5.45. The third-order valence-corrected chi connectivity index (χ3v) is 3.10. The number of aromatic carboxylic acids is 1. The van der Waals surface area contributed by atoms with Gasteiger partial charge in [-0.15, -0.1) is 0 Å². The SMILES string of the molecule is Cn1cc(C(=O)O)nc1C1CCCCC1. The van der Waals surface area contributed by atoms with Gasteiger partial charge in [0.2, 0.25) is 0 Å². The highest BCUT2D eigenvalue weighted by Gasteiger charge is 2.21. The molecule has 0 spiro atoms. The minimum absolute atomic E-state index is 0.165. The van der Waals surface area contributed by atoms with Crippen molar-refractivity contribution in [3.63, 3.8) is 0 Å². The van der Waals surface area contributed by atoms with Crippen LogP contribution in [0.5, 0.6) is 0 Å². The lowest BCUT2D eigenvalue weighted by atomic mass is 9.89. The Labute approximate surface area is 88.9 Å². The number of aryl methyl sites for hydroxylation is 1. The lowest BCUT2D eigenvalue weighted by Crippen LogP contribution is -2.10. The van der Waals surface area contributed by atoms with Crippen molar-refractivity contribution >= 4 is 5.97 Å². The van der Waals surface area contributed by atoms with Crippen molar-refractivity contribution in [3.8, 4) is 0 Å². The largest absolute Gasteiger partial charge is 0.476 e. The van der Waals surface area contributed by atoms with Crippen molar-refractivity contribution in [2.24, 2.45) is 7.05 Å². The summed E-state index contributed by atoms with van der Waals surface area (Å²) in [7, 11) is 1.88. The van der Waals surface area contributed by atoms with Crippen LogP contribution in [0.15, 0.2) is 6.20 Å². The summed E-state index contributed by atoms with van der Waals surface area (Å²) >= 11 is 0. The van der Waals surface area contributed by atoms with E-state index < -0.39 is 5.97 Å². The quantitative estimate of drug-likeness (QED) is 0.810. The predicted molar refractivity (Wildman–Crippen MR) is 56.0 cm³/mol. The molecular weight excluding hydrogens is 192 g/mol. The molecule has 0 aliphatic heterocycles. The standard InChI is InChI=1S/C11H16N2O2/c1-13-7-9(11(14)15)12-10(13)8-5-3-2-4-6-8/h7-8H,2-6H2,1H3,(H,14,15). The van der Waals surface area contributed by atoms with Crippen molar-refractivity contribution in [1.29, 1.82) is 0 Å². The zero-order chi connectivity index (χ0) is 10.8. The number of hydrogen-bond acceptors (Lipinski definition) is 2. The molecule has 0 aromatic carbocycles. The van der Waals surface area contributed by atoms with Crippen LogP contribution in [0.4, 0.5) is 0 Å². The Morgan fingerprint density at radius 2 is 2.13 bits per heavy atom. The smallest absolute Gasteiger partial charge is 0.356 e. The van der Waals surface area contributed by atoms with Gasteiger partial charge in [-0.25, -0.2) is 9.78 Å². The van der Waals surface area contributed by atoms with E-state index in [4.69, 9.17) is 5.11 Å². The van der Waals surface area contributed by atoms with Crippen LogP contribution in [0, 0.1) is 0 Å². The highest BCUT2D eigenvalue weighted by atomic mass is 16.4. The third kappa shape index (κ3) is 2.03. The summed E-state index contributed by atoms with van der Waals surface area (Å²) in [4.78, 5) is 15.0. The van der Waals surface area contributed by atoms with E-state index in [0.29, 0.717) is 5.92 Å². The molecule has 1 aromatic rings. The van der Waals surface area contributed by atoms with Gasteiger partial charge in [0.1, 0.15) is 5.82 Å². The maximum atomic E-state index is 10.8. The molecule has 0 bridgehead atoms. The number of carbonyl (C=O) groups is 1. The summed E-state index contributed by atoms with van der Waals surface area (Å²) in [5.74, 6) is 0.455. The molecule has 82 valence electrons. The molecule has 1 aromatic heterocycles. The average molecular weight is 208 g/mol. The second-order valence-electron chi connectivity index (χ2n) is 4.24. The van der Waals surface area contributed by atoms with E-state index in [9.17, 15) is 4.79 Å². The number of nitrogens with zero attached hydrogens (tertiary/aromatic N) is 2. The van der Waals surface area contributed by atoms with Crippen molar-refractivity contribution in [1.82, 2.24) is 9.55 Å². The first-order valence-corrected chi connectivity index (χ1v) is 5.45. The van der Waals surface area contributed by atoms with Crippen LogP contribution in [-0.4, -0.2) is 20.6 Å². The Morgan fingerprint density at radius 1 is 1.47 bits per heavy atom. The van der Waals surface area contributed by atoms with Crippen molar-refractivity contribution in [2.75, 3.05) is 0 Å². The molecule has 4 nitrogen and oxygen atoms in total. The lowest BCUT2D eigenvalue weighted by molar-refractivity contribution is 0.0690. The highest BCUT2D eigenvalue weighted by molar-refractivity contribution is 5.85.